The number of quaternary nitrogens is 1. The summed E-state index contributed by atoms with van der Waals surface area (Å²) in [6, 6.07) is 13.4. The molecule has 2 aromatic rings. The number of amides is 1. The molecule has 4 rings (SSSR count). The minimum Gasteiger partial charge on any atom is -0.497 e. The Bertz CT molecular complexity index is 1220. The maximum Gasteiger partial charge on any atom is 0.303 e. The van der Waals surface area contributed by atoms with Crippen LogP contribution in [0, 0.1) is 5.92 Å². The number of piperidine rings is 1. The van der Waals surface area contributed by atoms with Gasteiger partial charge >= 0.3 is 5.97 Å². The van der Waals surface area contributed by atoms with Crippen molar-refractivity contribution in [2.75, 3.05) is 33.8 Å². The van der Waals surface area contributed by atoms with Gasteiger partial charge in [0, 0.05) is 30.7 Å². The summed E-state index contributed by atoms with van der Waals surface area (Å²) < 4.78 is 12.9. The number of carbonyl (C=O) groups is 2. The number of fused-ring (bicyclic) bond motifs is 1. The zero-order valence-electron chi connectivity index (χ0n) is 23.7. The van der Waals surface area contributed by atoms with Crippen molar-refractivity contribution < 1.29 is 23.5 Å². The summed E-state index contributed by atoms with van der Waals surface area (Å²) in [5, 5.41) is 4.19. The van der Waals surface area contributed by atoms with E-state index in [0.29, 0.717) is 28.8 Å². The first-order chi connectivity index (χ1) is 18.4. The molecule has 2 aliphatic rings. The molecule has 2 fully saturated rings. The van der Waals surface area contributed by atoms with Crippen molar-refractivity contribution in [2.45, 2.75) is 69.9 Å². The van der Waals surface area contributed by atoms with Gasteiger partial charge in [0.25, 0.3) is 0 Å². The largest absolute Gasteiger partial charge is 0.497 e. The number of esters is 1. The summed E-state index contributed by atoms with van der Waals surface area (Å²) in [6.45, 7) is 8.71. The second kappa shape index (κ2) is 11.7. The van der Waals surface area contributed by atoms with Crippen molar-refractivity contribution in [1.29, 1.82) is 0 Å². The number of rotatable bonds is 8. The summed E-state index contributed by atoms with van der Waals surface area (Å²) in [5.41, 5.74) is 0.774. The highest BCUT2D eigenvalue weighted by Crippen LogP contribution is 2.55. The Balaban J connectivity index is 1.68. The number of nitrogens with one attached hydrogen (secondary N) is 1. The summed E-state index contributed by atoms with van der Waals surface area (Å²) in [4.78, 5) is 25.8. The molecule has 1 aliphatic carbocycles. The fourth-order valence-electron chi connectivity index (χ4n) is 7.25. The highest BCUT2D eigenvalue weighted by molar-refractivity contribution is 6.42. The van der Waals surface area contributed by atoms with Gasteiger partial charge in [0.1, 0.15) is 12.3 Å². The molecule has 1 amide bonds. The molecule has 212 valence electrons. The van der Waals surface area contributed by atoms with E-state index >= 15 is 0 Å². The fourth-order valence-corrected chi connectivity index (χ4v) is 7.57. The SMILES string of the molecule is COc1cccc([C@]23CC[N@@+](C)(CC(C)C)CC2(OC(C)=O)CC[C@@H](NC(=O)Cc2ccc(Cl)c(Cl)c2)C3)c1. The zero-order valence-corrected chi connectivity index (χ0v) is 25.2. The van der Waals surface area contributed by atoms with Gasteiger partial charge < -0.3 is 19.3 Å². The summed E-state index contributed by atoms with van der Waals surface area (Å²) in [7, 11) is 3.95. The van der Waals surface area contributed by atoms with E-state index in [9.17, 15) is 9.59 Å². The third-order valence-corrected chi connectivity index (χ3v) is 9.30. The van der Waals surface area contributed by atoms with Crippen LogP contribution in [0.4, 0.5) is 0 Å². The first-order valence-corrected chi connectivity index (χ1v) is 14.6. The van der Waals surface area contributed by atoms with E-state index in [-0.39, 0.29) is 24.3 Å². The predicted molar refractivity (Wildman–Crippen MR) is 155 cm³/mol. The molecule has 1 N–H and O–H groups in total. The molecule has 4 atom stereocenters. The van der Waals surface area contributed by atoms with E-state index in [1.807, 2.05) is 18.2 Å². The molecule has 0 aromatic heterocycles. The average molecular weight is 577 g/mol. The Kier molecular flexibility index (Phi) is 8.89. The highest BCUT2D eigenvalue weighted by atomic mass is 35.5. The van der Waals surface area contributed by atoms with Crippen LogP contribution in [-0.2, 0) is 26.2 Å². The van der Waals surface area contributed by atoms with Gasteiger partial charge in [-0.05, 0) is 54.7 Å². The van der Waals surface area contributed by atoms with Gasteiger partial charge in [-0.1, -0.05) is 55.2 Å². The Morgan fingerprint density at radius 3 is 2.56 bits per heavy atom. The van der Waals surface area contributed by atoms with Crippen LogP contribution in [0.15, 0.2) is 42.5 Å². The fraction of sp³-hybridized carbons (Fsp3) is 0.548. The molecule has 1 heterocycles. The molecule has 0 spiro atoms. The predicted octanol–water partition coefficient (Wildman–Crippen LogP) is 5.96. The first kappa shape index (κ1) is 29.7. The quantitative estimate of drug-likeness (QED) is 0.311. The number of likely N-dealkylation sites (N-methyl/N-ethyl adjacent to an activating group) is 1. The lowest BCUT2D eigenvalue weighted by Gasteiger charge is -2.61. The molecular weight excluding hydrogens is 535 g/mol. The van der Waals surface area contributed by atoms with E-state index in [4.69, 9.17) is 32.7 Å². The summed E-state index contributed by atoms with van der Waals surface area (Å²) in [6.07, 6.45) is 3.15. The van der Waals surface area contributed by atoms with E-state index < -0.39 is 11.0 Å². The van der Waals surface area contributed by atoms with Gasteiger partial charge in [0.05, 0.1) is 43.7 Å². The van der Waals surface area contributed by atoms with Crippen molar-refractivity contribution in [2.24, 2.45) is 5.92 Å². The topological polar surface area (TPSA) is 64.6 Å². The van der Waals surface area contributed by atoms with Gasteiger partial charge in [0.15, 0.2) is 5.60 Å². The second-order valence-corrected chi connectivity index (χ2v) is 13.0. The minimum absolute atomic E-state index is 0.0582. The molecule has 1 saturated carbocycles. The van der Waals surface area contributed by atoms with Gasteiger partial charge in [-0.3, -0.25) is 9.59 Å². The molecule has 2 aromatic carbocycles. The number of nitrogens with zero attached hydrogens (tertiary/aromatic N) is 1. The van der Waals surface area contributed by atoms with E-state index in [1.54, 1.807) is 19.2 Å². The molecule has 1 aliphatic heterocycles. The minimum atomic E-state index is -0.683. The van der Waals surface area contributed by atoms with Crippen LogP contribution in [0.1, 0.15) is 57.6 Å². The van der Waals surface area contributed by atoms with E-state index in [1.165, 1.54) is 6.92 Å². The van der Waals surface area contributed by atoms with Crippen molar-refractivity contribution in [3.05, 3.63) is 63.6 Å². The molecule has 1 unspecified atom stereocenters. The number of hydrogen-bond acceptors (Lipinski definition) is 4. The lowest BCUT2D eigenvalue weighted by molar-refractivity contribution is -0.925. The molecule has 39 heavy (non-hydrogen) atoms. The molecule has 6 nitrogen and oxygen atoms in total. The molecular formula is C31H41Cl2N2O4+. The van der Waals surface area contributed by atoms with Crippen molar-refractivity contribution in [3.63, 3.8) is 0 Å². The Morgan fingerprint density at radius 1 is 1.13 bits per heavy atom. The molecule has 1 saturated heterocycles. The van der Waals surface area contributed by atoms with Gasteiger partial charge in [-0.25, -0.2) is 0 Å². The van der Waals surface area contributed by atoms with Crippen molar-refractivity contribution >= 4 is 35.1 Å². The third-order valence-electron chi connectivity index (χ3n) is 8.56. The number of ether oxygens (including phenoxy) is 2. The van der Waals surface area contributed by atoms with Gasteiger partial charge in [-0.2, -0.15) is 0 Å². The normalized spacial score (nSPS) is 28.5. The number of methoxy groups -OCH3 is 1. The van der Waals surface area contributed by atoms with Crippen LogP contribution in [0.25, 0.3) is 0 Å². The van der Waals surface area contributed by atoms with E-state index in [0.717, 1.165) is 53.8 Å². The standard InChI is InChI=1S/C31H40Cl2N2O4/c1-21(2)19-35(4)14-13-30(24-7-6-8-26(17-24)38-5)18-25(11-12-31(30,20-35)39-22(3)36)34-29(37)16-23-9-10-27(32)28(33)15-23/h6-10,15,17,21,25H,11-14,16,18-20H2,1-5H3/p+1/t25-,30-,31?,35+/m1/s1. The van der Waals surface area contributed by atoms with Crippen LogP contribution in [0.2, 0.25) is 10.0 Å². The van der Waals surface area contributed by atoms with Crippen LogP contribution in [0.3, 0.4) is 0 Å². The number of benzene rings is 2. The van der Waals surface area contributed by atoms with Crippen molar-refractivity contribution in [3.8, 4) is 5.75 Å². The smallest absolute Gasteiger partial charge is 0.303 e. The number of halogens is 2. The maximum absolute atomic E-state index is 13.2. The third kappa shape index (κ3) is 6.39. The van der Waals surface area contributed by atoms with Crippen LogP contribution in [0.5, 0.6) is 5.75 Å². The zero-order chi connectivity index (χ0) is 28.4. The average Bonchev–Trinajstić information content (AvgIpc) is 2.85. The number of hydrogen-bond donors (Lipinski definition) is 1. The van der Waals surface area contributed by atoms with Gasteiger partial charge in [-0.15, -0.1) is 0 Å². The lowest BCUT2D eigenvalue weighted by Crippen LogP contribution is -2.73. The Labute approximate surface area is 242 Å². The van der Waals surface area contributed by atoms with Crippen LogP contribution in [-0.4, -0.2) is 61.8 Å². The Hall–Kier alpha value is -2.28. The summed E-state index contributed by atoms with van der Waals surface area (Å²) in [5.74, 6) is 0.970. The lowest BCUT2D eigenvalue weighted by atomic mass is 9.54. The van der Waals surface area contributed by atoms with Crippen LogP contribution >= 0.6 is 23.2 Å². The molecule has 0 radical (unpaired) electrons. The monoisotopic (exact) mass is 575 g/mol. The van der Waals surface area contributed by atoms with Gasteiger partial charge in [0.2, 0.25) is 5.91 Å². The maximum atomic E-state index is 13.2. The Morgan fingerprint density at radius 2 is 1.90 bits per heavy atom. The first-order valence-electron chi connectivity index (χ1n) is 13.8. The second-order valence-electron chi connectivity index (χ2n) is 12.2. The molecule has 8 heteroatoms. The van der Waals surface area contributed by atoms with Crippen molar-refractivity contribution in [1.82, 2.24) is 5.32 Å². The number of carbonyl (C=O) groups excluding carboxylic acids is 2. The van der Waals surface area contributed by atoms with Crippen LogP contribution < -0.4 is 10.1 Å². The summed E-state index contributed by atoms with van der Waals surface area (Å²) >= 11 is 12.2. The number of likely N-dealkylation sites (tertiary alicyclic amines) is 1. The molecule has 0 bridgehead atoms. The highest BCUT2D eigenvalue weighted by Gasteiger charge is 2.64. The van der Waals surface area contributed by atoms with E-state index in [2.05, 4.69) is 38.3 Å².